The van der Waals surface area contributed by atoms with Crippen molar-refractivity contribution in [1.29, 1.82) is 0 Å². The molecule has 0 spiro atoms. The molecular weight excluding hydrogens is 239 g/mol. The molecule has 19 heavy (non-hydrogen) atoms. The fourth-order valence-corrected chi connectivity index (χ4v) is 2.40. The van der Waals surface area contributed by atoms with Crippen molar-refractivity contribution >= 4 is 17.4 Å². The number of carbonyl (C=O) groups excluding carboxylic acids is 1. The molecule has 0 unspecified atom stereocenters. The summed E-state index contributed by atoms with van der Waals surface area (Å²) >= 11 is 0. The standard InChI is InChI=1S/C17H13FO/c1-11-2-5-13-10-17(19)16(15(13)8-11)9-12-3-6-14(18)7-4-12/h2-9H,10H2,1H3/b16-9-. The van der Waals surface area contributed by atoms with Gasteiger partial charge in [0.15, 0.2) is 5.78 Å². The largest absolute Gasteiger partial charge is 0.294 e. The lowest BCUT2D eigenvalue weighted by Crippen LogP contribution is -1.93. The van der Waals surface area contributed by atoms with Gasteiger partial charge in [-0.3, -0.25) is 4.79 Å². The van der Waals surface area contributed by atoms with Crippen LogP contribution in [0.4, 0.5) is 4.39 Å². The number of rotatable bonds is 1. The molecule has 1 aliphatic carbocycles. The van der Waals surface area contributed by atoms with Gasteiger partial charge in [0.1, 0.15) is 5.82 Å². The molecule has 0 amide bonds. The van der Waals surface area contributed by atoms with Crippen LogP contribution >= 0.6 is 0 Å². The van der Waals surface area contributed by atoms with Gasteiger partial charge in [-0.05, 0) is 41.8 Å². The van der Waals surface area contributed by atoms with Crippen molar-refractivity contribution in [2.45, 2.75) is 13.3 Å². The normalized spacial score (nSPS) is 15.9. The zero-order valence-corrected chi connectivity index (χ0v) is 10.6. The number of fused-ring (bicyclic) bond motifs is 1. The van der Waals surface area contributed by atoms with E-state index in [0.717, 1.165) is 27.8 Å². The summed E-state index contributed by atoms with van der Waals surface area (Å²) in [7, 11) is 0. The minimum atomic E-state index is -0.267. The first kappa shape index (κ1) is 11.8. The van der Waals surface area contributed by atoms with Crippen molar-refractivity contribution in [2.24, 2.45) is 0 Å². The number of halogens is 1. The summed E-state index contributed by atoms with van der Waals surface area (Å²) < 4.78 is 12.9. The van der Waals surface area contributed by atoms with Crippen molar-refractivity contribution in [3.05, 3.63) is 70.5 Å². The van der Waals surface area contributed by atoms with Crippen LogP contribution in [0.25, 0.3) is 11.6 Å². The van der Waals surface area contributed by atoms with E-state index in [0.29, 0.717) is 6.42 Å². The van der Waals surface area contributed by atoms with E-state index < -0.39 is 0 Å². The molecule has 0 N–H and O–H groups in total. The van der Waals surface area contributed by atoms with E-state index in [1.54, 1.807) is 12.1 Å². The van der Waals surface area contributed by atoms with Gasteiger partial charge in [-0.1, -0.05) is 35.9 Å². The van der Waals surface area contributed by atoms with Crippen LogP contribution in [-0.4, -0.2) is 5.78 Å². The maximum Gasteiger partial charge on any atom is 0.167 e. The predicted octanol–water partition coefficient (Wildman–Crippen LogP) is 3.80. The third-order valence-corrected chi connectivity index (χ3v) is 3.39. The molecule has 0 fully saturated rings. The number of hydrogen-bond acceptors (Lipinski definition) is 1. The molecule has 0 bridgehead atoms. The van der Waals surface area contributed by atoms with Crippen molar-refractivity contribution < 1.29 is 9.18 Å². The summed E-state index contributed by atoms with van der Waals surface area (Å²) in [6.45, 7) is 2.01. The molecule has 0 aliphatic heterocycles. The van der Waals surface area contributed by atoms with Gasteiger partial charge in [0.2, 0.25) is 0 Å². The van der Waals surface area contributed by atoms with Gasteiger partial charge in [-0.2, -0.15) is 0 Å². The Balaban J connectivity index is 2.08. The smallest absolute Gasteiger partial charge is 0.167 e. The van der Waals surface area contributed by atoms with Gasteiger partial charge >= 0.3 is 0 Å². The average Bonchev–Trinajstić information content (AvgIpc) is 2.69. The summed E-state index contributed by atoms with van der Waals surface area (Å²) in [5.74, 6) is -0.138. The highest BCUT2D eigenvalue weighted by atomic mass is 19.1. The summed E-state index contributed by atoms with van der Waals surface area (Å²) in [4.78, 5) is 12.1. The van der Waals surface area contributed by atoms with E-state index in [9.17, 15) is 9.18 Å². The molecule has 2 aromatic rings. The maximum atomic E-state index is 12.9. The van der Waals surface area contributed by atoms with Crippen LogP contribution in [0.15, 0.2) is 42.5 Å². The molecule has 0 aromatic heterocycles. The van der Waals surface area contributed by atoms with Gasteiger partial charge in [-0.25, -0.2) is 4.39 Å². The van der Waals surface area contributed by atoms with Crippen molar-refractivity contribution in [3.63, 3.8) is 0 Å². The highest BCUT2D eigenvalue weighted by Crippen LogP contribution is 2.31. The Bertz CT molecular complexity index is 681. The van der Waals surface area contributed by atoms with Crippen LogP contribution in [-0.2, 0) is 11.2 Å². The van der Waals surface area contributed by atoms with Crippen molar-refractivity contribution in [2.75, 3.05) is 0 Å². The maximum absolute atomic E-state index is 12.9. The van der Waals surface area contributed by atoms with Crippen molar-refractivity contribution in [3.8, 4) is 0 Å². The van der Waals surface area contributed by atoms with Crippen LogP contribution in [0.2, 0.25) is 0 Å². The Morgan fingerprint density at radius 1 is 1.11 bits per heavy atom. The molecule has 2 heteroatoms. The lowest BCUT2D eigenvalue weighted by atomic mass is 10.0. The van der Waals surface area contributed by atoms with E-state index in [-0.39, 0.29) is 11.6 Å². The molecule has 1 aliphatic rings. The number of Topliss-reactive ketones (excluding diaryl/α,β-unsaturated/α-hetero) is 1. The van der Waals surface area contributed by atoms with Gasteiger partial charge < -0.3 is 0 Å². The van der Waals surface area contributed by atoms with Gasteiger partial charge in [0.05, 0.1) is 0 Å². The number of allylic oxidation sites excluding steroid dienone is 1. The number of ketones is 1. The molecule has 0 radical (unpaired) electrons. The zero-order chi connectivity index (χ0) is 13.4. The third-order valence-electron chi connectivity index (χ3n) is 3.39. The molecule has 94 valence electrons. The Hall–Kier alpha value is -2.22. The average molecular weight is 252 g/mol. The molecule has 0 atom stereocenters. The summed E-state index contributed by atoms with van der Waals surface area (Å²) in [6, 6.07) is 12.2. The Kier molecular flexibility index (Phi) is 2.79. The first-order valence-corrected chi connectivity index (χ1v) is 6.24. The molecule has 0 saturated carbocycles. The lowest BCUT2D eigenvalue weighted by molar-refractivity contribution is -0.112. The van der Waals surface area contributed by atoms with Crippen LogP contribution in [0.5, 0.6) is 0 Å². The van der Waals surface area contributed by atoms with E-state index in [1.165, 1.54) is 12.1 Å². The Labute approximate surface area is 111 Å². The highest BCUT2D eigenvalue weighted by Gasteiger charge is 2.24. The van der Waals surface area contributed by atoms with E-state index in [1.807, 2.05) is 31.2 Å². The SMILES string of the molecule is Cc1ccc2c(c1)/C(=C/c1ccc(F)cc1)C(=O)C2. The fourth-order valence-electron chi connectivity index (χ4n) is 2.40. The first-order valence-electron chi connectivity index (χ1n) is 6.24. The Morgan fingerprint density at radius 3 is 2.58 bits per heavy atom. The van der Waals surface area contributed by atoms with Crippen molar-refractivity contribution in [1.82, 2.24) is 0 Å². The minimum absolute atomic E-state index is 0.130. The van der Waals surface area contributed by atoms with E-state index >= 15 is 0 Å². The second-order valence-electron chi connectivity index (χ2n) is 4.87. The number of aryl methyl sites for hydroxylation is 1. The van der Waals surface area contributed by atoms with Crippen LogP contribution in [0, 0.1) is 12.7 Å². The second-order valence-corrected chi connectivity index (χ2v) is 4.87. The molecule has 0 heterocycles. The third kappa shape index (κ3) is 2.22. The summed E-state index contributed by atoms with van der Waals surface area (Å²) in [5.41, 5.74) is 4.79. The topological polar surface area (TPSA) is 17.1 Å². The molecule has 1 nitrogen and oxygen atoms in total. The zero-order valence-electron chi connectivity index (χ0n) is 10.6. The fraction of sp³-hybridized carbons (Fsp3) is 0.118. The molecule has 3 rings (SSSR count). The summed E-state index contributed by atoms with van der Waals surface area (Å²) in [6.07, 6.45) is 2.30. The Morgan fingerprint density at radius 2 is 1.84 bits per heavy atom. The molecular formula is C17H13FO. The highest BCUT2D eigenvalue weighted by molar-refractivity contribution is 6.29. The van der Waals surface area contributed by atoms with Crippen LogP contribution < -0.4 is 0 Å². The van der Waals surface area contributed by atoms with E-state index in [4.69, 9.17) is 0 Å². The minimum Gasteiger partial charge on any atom is -0.294 e. The van der Waals surface area contributed by atoms with E-state index in [2.05, 4.69) is 0 Å². The van der Waals surface area contributed by atoms with Crippen LogP contribution in [0.3, 0.4) is 0 Å². The predicted molar refractivity (Wildman–Crippen MR) is 74.2 cm³/mol. The lowest BCUT2D eigenvalue weighted by Gasteiger charge is -2.02. The van der Waals surface area contributed by atoms with Gasteiger partial charge in [-0.15, -0.1) is 0 Å². The van der Waals surface area contributed by atoms with Crippen LogP contribution in [0.1, 0.15) is 22.3 Å². The quantitative estimate of drug-likeness (QED) is 0.705. The monoisotopic (exact) mass is 252 g/mol. The number of hydrogen-bond donors (Lipinski definition) is 0. The summed E-state index contributed by atoms with van der Waals surface area (Å²) in [5, 5.41) is 0. The number of carbonyl (C=O) groups is 1. The second kappa shape index (κ2) is 4.47. The van der Waals surface area contributed by atoms with Gasteiger partial charge in [0.25, 0.3) is 0 Å². The number of benzene rings is 2. The first-order chi connectivity index (χ1) is 9.13. The molecule has 2 aromatic carbocycles. The molecule has 0 saturated heterocycles. The van der Waals surface area contributed by atoms with Gasteiger partial charge in [0, 0.05) is 12.0 Å².